The predicted octanol–water partition coefficient (Wildman–Crippen LogP) is 4.29. The average molecular weight is 425 g/mol. The molecule has 0 bridgehead atoms. The molecule has 1 N–H and O–H groups in total. The van der Waals surface area contributed by atoms with Crippen LogP contribution >= 0.6 is 0 Å². The molecule has 162 valence electrons. The molecule has 0 saturated carbocycles. The smallest absolute Gasteiger partial charge is 0.322 e. The first-order valence-electron chi connectivity index (χ1n) is 9.84. The molecule has 7 nitrogen and oxygen atoms in total. The highest BCUT2D eigenvalue weighted by atomic mass is 19.1. The van der Waals surface area contributed by atoms with Gasteiger partial charge in [0, 0.05) is 37.1 Å². The van der Waals surface area contributed by atoms with Crippen LogP contribution < -0.4 is 19.5 Å². The van der Waals surface area contributed by atoms with E-state index in [4.69, 9.17) is 14.2 Å². The molecular weight excluding hydrogens is 401 g/mol. The Morgan fingerprint density at radius 1 is 1.00 bits per heavy atom. The van der Waals surface area contributed by atoms with Gasteiger partial charge in [-0.15, -0.1) is 0 Å². The summed E-state index contributed by atoms with van der Waals surface area (Å²) in [7, 11) is 4.56. The van der Waals surface area contributed by atoms with Gasteiger partial charge >= 0.3 is 6.03 Å². The van der Waals surface area contributed by atoms with Crippen molar-refractivity contribution >= 4 is 11.7 Å². The van der Waals surface area contributed by atoms with Crippen molar-refractivity contribution in [1.82, 2.24) is 9.47 Å². The van der Waals surface area contributed by atoms with Crippen molar-refractivity contribution in [2.75, 3.05) is 33.2 Å². The van der Waals surface area contributed by atoms with E-state index in [2.05, 4.69) is 9.88 Å². The van der Waals surface area contributed by atoms with E-state index in [-0.39, 0.29) is 17.9 Å². The summed E-state index contributed by atoms with van der Waals surface area (Å²) >= 11 is 0. The van der Waals surface area contributed by atoms with Gasteiger partial charge in [0.1, 0.15) is 5.82 Å². The third kappa shape index (κ3) is 3.88. The molecule has 0 radical (unpaired) electrons. The molecule has 3 aromatic rings. The summed E-state index contributed by atoms with van der Waals surface area (Å²) in [6.45, 7) is 1.17. The maximum atomic E-state index is 13.5. The largest absolute Gasteiger partial charge is 0.493 e. The third-order valence-electron chi connectivity index (χ3n) is 5.40. The molecule has 0 aliphatic carbocycles. The highest BCUT2D eigenvalue weighted by molar-refractivity contribution is 5.91. The molecule has 0 fully saturated rings. The van der Waals surface area contributed by atoms with Crippen LogP contribution in [0.25, 0.3) is 0 Å². The maximum absolute atomic E-state index is 13.5. The molecule has 1 aliphatic rings. The van der Waals surface area contributed by atoms with Crippen LogP contribution in [0.15, 0.2) is 54.7 Å². The zero-order valence-electron chi connectivity index (χ0n) is 17.6. The topological polar surface area (TPSA) is 65.0 Å². The summed E-state index contributed by atoms with van der Waals surface area (Å²) < 4.78 is 31.7. The second-order valence-electron chi connectivity index (χ2n) is 7.12. The number of nitrogens with zero attached hydrogens (tertiary/aromatic N) is 2. The normalized spacial score (nSPS) is 15.2. The minimum absolute atomic E-state index is 0.281. The van der Waals surface area contributed by atoms with Crippen LogP contribution in [-0.2, 0) is 6.54 Å². The van der Waals surface area contributed by atoms with Crippen LogP contribution in [0.3, 0.4) is 0 Å². The minimum atomic E-state index is -0.341. The van der Waals surface area contributed by atoms with E-state index in [0.29, 0.717) is 36.0 Å². The van der Waals surface area contributed by atoms with E-state index in [1.54, 1.807) is 29.2 Å². The van der Waals surface area contributed by atoms with Crippen molar-refractivity contribution in [3.8, 4) is 17.2 Å². The van der Waals surface area contributed by atoms with E-state index in [0.717, 1.165) is 11.3 Å². The Morgan fingerprint density at radius 3 is 2.29 bits per heavy atom. The molecule has 31 heavy (non-hydrogen) atoms. The highest BCUT2D eigenvalue weighted by Gasteiger charge is 2.32. The maximum Gasteiger partial charge on any atom is 0.322 e. The molecular formula is C23H24FN3O4. The van der Waals surface area contributed by atoms with Crippen molar-refractivity contribution in [2.24, 2.45) is 0 Å². The summed E-state index contributed by atoms with van der Waals surface area (Å²) in [5.41, 5.74) is 2.32. The summed E-state index contributed by atoms with van der Waals surface area (Å²) in [6.07, 6.45) is 1.99. The molecule has 2 amide bonds. The summed E-state index contributed by atoms with van der Waals surface area (Å²) in [5.74, 6) is 1.02. The number of urea groups is 1. The van der Waals surface area contributed by atoms with Crippen molar-refractivity contribution in [3.05, 3.63) is 71.8 Å². The van der Waals surface area contributed by atoms with Gasteiger partial charge in [-0.2, -0.15) is 0 Å². The van der Waals surface area contributed by atoms with Crippen LogP contribution in [0.1, 0.15) is 17.3 Å². The number of rotatable bonds is 5. The first-order valence-corrected chi connectivity index (χ1v) is 9.84. The Balaban J connectivity index is 1.66. The van der Waals surface area contributed by atoms with Gasteiger partial charge in [0.05, 0.1) is 33.1 Å². The molecule has 2 heterocycles. The third-order valence-corrected chi connectivity index (χ3v) is 5.40. The van der Waals surface area contributed by atoms with Gasteiger partial charge in [0.15, 0.2) is 11.5 Å². The number of benzene rings is 2. The Hall–Kier alpha value is -3.68. The SMILES string of the molecule is COc1cc(NC(=O)N2CCn3cccc3[C@@H]2c2ccc(F)cc2)cc(OC)c1OC. The summed E-state index contributed by atoms with van der Waals surface area (Å²) in [5, 5.41) is 2.93. The van der Waals surface area contributed by atoms with Gasteiger partial charge in [-0.3, -0.25) is 0 Å². The van der Waals surface area contributed by atoms with Crippen LogP contribution in [0, 0.1) is 5.82 Å². The van der Waals surface area contributed by atoms with E-state index in [1.165, 1.54) is 33.5 Å². The second kappa shape index (κ2) is 8.59. The predicted molar refractivity (Wildman–Crippen MR) is 114 cm³/mol. The lowest BCUT2D eigenvalue weighted by atomic mass is 10.0. The minimum Gasteiger partial charge on any atom is -0.493 e. The fourth-order valence-electron chi connectivity index (χ4n) is 3.95. The van der Waals surface area contributed by atoms with E-state index < -0.39 is 0 Å². The highest BCUT2D eigenvalue weighted by Crippen LogP contribution is 2.40. The Labute approximate surface area is 179 Å². The van der Waals surface area contributed by atoms with Crippen molar-refractivity contribution in [3.63, 3.8) is 0 Å². The van der Waals surface area contributed by atoms with Gasteiger partial charge in [0.25, 0.3) is 0 Å². The lowest BCUT2D eigenvalue weighted by molar-refractivity contribution is 0.182. The van der Waals surface area contributed by atoms with Crippen molar-refractivity contribution in [1.29, 1.82) is 0 Å². The zero-order valence-corrected chi connectivity index (χ0v) is 17.6. The van der Waals surface area contributed by atoms with Crippen molar-refractivity contribution < 1.29 is 23.4 Å². The van der Waals surface area contributed by atoms with Crippen LogP contribution in [0.5, 0.6) is 17.2 Å². The molecule has 0 unspecified atom stereocenters. The first kappa shape index (κ1) is 20.6. The number of hydrogen-bond donors (Lipinski definition) is 1. The first-order chi connectivity index (χ1) is 15.0. The molecule has 1 aliphatic heterocycles. The van der Waals surface area contributed by atoms with E-state index in [1.807, 2.05) is 18.3 Å². The molecule has 8 heteroatoms. The Bertz CT molecular complexity index is 1060. The summed E-state index contributed by atoms with van der Waals surface area (Å²) in [6, 6.07) is 12.9. The van der Waals surface area contributed by atoms with Gasteiger partial charge in [-0.25, -0.2) is 9.18 Å². The number of carbonyl (C=O) groups is 1. The quantitative estimate of drug-likeness (QED) is 0.662. The molecule has 2 aromatic carbocycles. The van der Waals surface area contributed by atoms with E-state index in [9.17, 15) is 9.18 Å². The fraction of sp³-hybridized carbons (Fsp3) is 0.261. The number of methoxy groups -OCH3 is 3. The molecule has 1 aromatic heterocycles. The molecule has 4 rings (SSSR count). The van der Waals surface area contributed by atoms with Gasteiger partial charge < -0.3 is 29.0 Å². The number of nitrogens with one attached hydrogen (secondary N) is 1. The number of carbonyl (C=O) groups excluding carboxylic acids is 1. The number of halogens is 1. The monoisotopic (exact) mass is 425 g/mol. The lowest BCUT2D eigenvalue weighted by Gasteiger charge is -2.37. The summed E-state index contributed by atoms with van der Waals surface area (Å²) in [4.78, 5) is 15.1. The number of aromatic nitrogens is 1. The molecule has 0 saturated heterocycles. The van der Waals surface area contributed by atoms with Crippen LogP contribution in [0.2, 0.25) is 0 Å². The average Bonchev–Trinajstić information content (AvgIpc) is 3.27. The van der Waals surface area contributed by atoms with E-state index >= 15 is 0 Å². The standard InChI is InChI=1S/C23H24FN3O4/c1-29-19-13-17(14-20(30-2)22(19)31-3)25-23(28)27-12-11-26-10-4-5-18(26)21(27)15-6-8-16(24)9-7-15/h4-10,13-14,21H,11-12H2,1-3H3,(H,25,28)/t21-/m0/s1. The second-order valence-corrected chi connectivity index (χ2v) is 7.12. The zero-order chi connectivity index (χ0) is 22.0. The van der Waals surface area contributed by atoms with Gasteiger partial charge in [-0.1, -0.05) is 12.1 Å². The lowest BCUT2D eigenvalue weighted by Crippen LogP contribution is -2.44. The van der Waals surface area contributed by atoms with Gasteiger partial charge in [0.2, 0.25) is 5.75 Å². The molecule has 1 atom stereocenters. The molecule has 0 spiro atoms. The van der Waals surface area contributed by atoms with Gasteiger partial charge in [-0.05, 0) is 29.8 Å². The number of anilines is 1. The fourth-order valence-corrected chi connectivity index (χ4v) is 3.95. The number of amides is 2. The number of fused-ring (bicyclic) bond motifs is 1. The Morgan fingerprint density at radius 2 is 1.68 bits per heavy atom. The number of hydrogen-bond acceptors (Lipinski definition) is 4. The van der Waals surface area contributed by atoms with Crippen LogP contribution in [0.4, 0.5) is 14.9 Å². The van der Waals surface area contributed by atoms with Crippen molar-refractivity contribution in [2.45, 2.75) is 12.6 Å². The van der Waals surface area contributed by atoms with Crippen LogP contribution in [-0.4, -0.2) is 43.4 Å². The number of ether oxygens (including phenoxy) is 3. The Kier molecular flexibility index (Phi) is 5.70.